The molecule has 2 heterocycles. The maximum atomic E-state index is 13.4. The first-order valence-electron chi connectivity index (χ1n) is 10.7. The number of para-hydroxylation sites is 1. The molecule has 4 rings (SSSR count). The van der Waals surface area contributed by atoms with Crippen LogP contribution in [-0.4, -0.2) is 72.6 Å². The van der Waals surface area contributed by atoms with Crippen LogP contribution >= 0.6 is 0 Å². The van der Waals surface area contributed by atoms with E-state index in [1.807, 2.05) is 24.3 Å². The highest BCUT2D eigenvalue weighted by atomic mass is 19.1. The molecule has 31 heavy (non-hydrogen) atoms. The number of nitrogens with zero attached hydrogens (tertiary/aromatic N) is 4. The van der Waals surface area contributed by atoms with Crippen LogP contribution in [0.2, 0.25) is 0 Å². The van der Waals surface area contributed by atoms with Crippen LogP contribution in [0.25, 0.3) is 10.9 Å². The minimum absolute atomic E-state index is 0.469. The maximum absolute atomic E-state index is 13.4. The third-order valence-electron chi connectivity index (χ3n) is 5.54. The van der Waals surface area contributed by atoms with E-state index in [1.54, 1.807) is 0 Å². The molecule has 6 nitrogen and oxygen atoms in total. The fourth-order valence-corrected chi connectivity index (χ4v) is 3.77. The molecule has 1 saturated heterocycles. The molecule has 0 radical (unpaired) electrons. The Kier molecular flexibility index (Phi) is 6.89. The zero-order valence-corrected chi connectivity index (χ0v) is 17.7. The Bertz CT molecular complexity index is 1000. The number of rotatable bonds is 8. The Morgan fingerprint density at radius 3 is 2.42 bits per heavy atom. The Balaban J connectivity index is 1.39. The summed E-state index contributed by atoms with van der Waals surface area (Å²) in [6.45, 7) is 6.58. The van der Waals surface area contributed by atoms with E-state index in [2.05, 4.69) is 37.4 Å². The molecule has 0 bridgehead atoms. The van der Waals surface area contributed by atoms with Gasteiger partial charge in [-0.15, -0.1) is 0 Å². The van der Waals surface area contributed by atoms with Crippen LogP contribution in [0.15, 0.2) is 42.5 Å². The van der Waals surface area contributed by atoms with Gasteiger partial charge in [-0.2, -0.15) is 4.98 Å². The minimum atomic E-state index is -0.566. The van der Waals surface area contributed by atoms with Crippen LogP contribution in [0.4, 0.5) is 20.5 Å². The first-order valence-corrected chi connectivity index (χ1v) is 10.7. The van der Waals surface area contributed by atoms with Gasteiger partial charge in [-0.3, -0.25) is 4.90 Å². The van der Waals surface area contributed by atoms with Crippen molar-refractivity contribution in [1.29, 1.82) is 0 Å². The van der Waals surface area contributed by atoms with E-state index in [0.717, 1.165) is 62.1 Å². The molecule has 0 atom stereocenters. The zero-order valence-electron chi connectivity index (χ0n) is 17.7. The van der Waals surface area contributed by atoms with Crippen molar-refractivity contribution in [3.05, 3.63) is 59.7 Å². The lowest BCUT2D eigenvalue weighted by Crippen LogP contribution is -2.45. The molecule has 3 aromatic rings. The molecule has 8 heteroatoms. The van der Waals surface area contributed by atoms with Crippen molar-refractivity contribution in [2.24, 2.45) is 0 Å². The second-order valence-corrected chi connectivity index (χ2v) is 7.94. The van der Waals surface area contributed by atoms with E-state index in [4.69, 9.17) is 0 Å². The first-order chi connectivity index (χ1) is 15.1. The standard InChI is InChI=1S/C23H28F2N6/c1-30-10-12-31(13-11-30)9-8-26-22-20-4-2-3-5-21(20)28-23(29-22)27-7-6-17-14-18(24)16-19(25)15-17/h2-5,14-16H,6-13H2,1H3,(H2,26,27,28,29). The minimum Gasteiger partial charge on any atom is -0.368 e. The molecule has 0 aliphatic carbocycles. The maximum Gasteiger partial charge on any atom is 0.225 e. The summed E-state index contributed by atoms with van der Waals surface area (Å²) in [4.78, 5) is 14.0. The highest BCUT2D eigenvalue weighted by molar-refractivity contribution is 5.90. The summed E-state index contributed by atoms with van der Waals surface area (Å²) >= 11 is 0. The average Bonchev–Trinajstić information content (AvgIpc) is 2.74. The van der Waals surface area contributed by atoms with Gasteiger partial charge in [-0.05, 0) is 43.3 Å². The predicted molar refractivity (Wildman–Crippen MR) is 121 cm³/mol. The fraction of sp³-hybridized carbons (Fsp3) is 0.391. The Morgan fingerprint density at radius 2 is 1.65 bits per heavy atom. The predicted octanol–water partition coefficient (Wildman–Crippen LogP) is 3.22. The smallest absolute Gasteiger partial charge is 0.225 e. The van der Waals surface area contributed by atoms with Gasteiger partial charge in [0, 0.05) is 57.3 Å². The number of nitrogens with one attached hydrogen (secondary N) is 2. The van der Waals surface area contributed by atoms with Crippen LogP contribution < -0.4 is 10.6 Å². The van der Waals surface area contributed by atoms with Crippen molar-refractivity contribution in [2.45, 2.75) is 6.42 Å². The molecule has 1 aliphatic rings. The molecule has 0 spiro atoms. The first kappa shape index (κ1) is 21.4. The normalized spacial score (nSPS) is 15.3. The number of hydrogen-bond donors (Lipinski definition) is 2. The molecule has 0 amide bonds. The topological polar surface area (TPSA) is 56.3 Å². The number of hydrogen-bond acceptors (Lipinski definition) is 6. The van der Waals surface area contributed by atoms with E-state index in [1.165, 1.54) is 12.1 Å². The van der Waals surface area contributed by atoms with E-state index in [9.17, 15) is 8.78 Å². The third-order valence-corrected chi connectivity index (χ3v) is 5.54. The van der Waals surface area contributed by atoms with Crippen LogP contribution in [0.5, 0.6) is 0 Å². The number of likely N-dealkylation sites (N-methyl/N-ethyl adjacent to an activating group) is 1. The van der Waals surface area contributed by atoms with Gasteiger partial charge < -0.3 is 15.5 Å². The SMILES string of the molecule is CN1CCN(CCNc2nc(NCCc3cc(F)cc(F)c3)nc3ccccc23)CC1. The largest absolute Gasteiger partial charge is 0.368 e. The van der Waals surface area contributed by atoms with Gasteiger partial charge in [-0.1, -0.05) is 12.1 Å². The second-order valence-electron chi connectivity index (χ2n) is 7.94. The van der Waals surface area contributed by atoms with Crippen LogP contribution in [-0.2, 0) is 6.42 Å². The molecule has 164 valence electrons. The Morgan fingerprint density at radius 1 is 0.903 bits per heavy atom. The number of benzene rings is 2. The van der Waals surface area contributed by atoms with Crippen LogP contribution in [0, 0.1) is 11.6 Å². The van der Waals surface area contributed by atoms with Crippen molar-refractivity contribution in [3.63, 3.8) is 0 Å². The molecule has 0 unspecified atom stereocenters. The van der Waals surface area contributed by atoms with Crippen molar-refractivity contribution in [2.75, 3.05) is 63.5 Å². The molecule has 1 fully saturated rings. The molecular formula is C23H28F2N6. The highest BCUT2D eigenvalue weighted by Crippen LogP contribution is 2.22. The van der Waals surface area contributed by atoms with Gasteiger partial charge in [0.25, 0.3) is 0 Å². The number of anilines is 2. The molecule has 1 aliphatic heterocycles. The summed E-state index contributed by atoms with van der Waals surface area (Å²) in [5, 5.41) is 7.62. The van der Waals surface area contributed by atoms with Crippen LogP contribution in [0.3, 0.4) is 0 Å². The van der Waals surface area contributed by atoms with E-state index in [0.29, 0.717) is 24.5 Å². The van der Waals surface area contributed by atoms with Crippen molar-refractivity contribution >= 4 is 22.7 Å². The van der Waals surface area contributed by atoms with E-state index < -0.39 is 11.6 Å². The van der Waals surface area contributed by atoms with Crippen LogP contribution in [0.1, 0.15) is 5.56 Å². The van der Waals surface area contributed by atoms with Crippen molar-refractivity contribution in [1.82, 2.24) is 19.8 Å². The zero-order chi connectivity index (χ0) is 21.6. The third kappa shape index (κ3) is 5.86. The lowest BCUT2D eigenvalue weighted by atomic mass is 10.1. The fourth-order valence-electron chi connectivity index (χ4n) is 3.77. The van der Waals surface area contributed by atoms with E-state index >= 15 is 0 Å². The molecule has 1 aromatic heterocycles. The summed E-state index contributed by atoms with van der Waals surface area (Å²) in [5.41, 5.74) is 1.44. The Hall–Kier alpha value is -2.84. The van der Waals surface area contributed by atoms with Gasteiger partial charge in [0.1, 0.15) is 17.5 Å². The van der Waals surface area contributed by atoms with Gasteiger partial charge in [-0.25, -0.2) is 13.8 Å². The summed E-state index contributed by atoms with van der Waals surface area (Å²) in [6.07, 6.45) is 0.469. The number of piperazine rings is 1. The molecule has 0 saturated carbocycles. The average molecular weight is 427 g/mol. The summed E-state index contributed by atoms with van der Waals surface area (Å²) < 4.78 is 26.8. The van der Waals surface area contributed by atoms with Gasteiger partial charge in [0.2, 0.25) is 5.95 Å². The van der Waals surface area contributed by atoms with Gasteiger partial charge in [0.15, 0.2) is 0 Å². The van der Waals surface area contributed by atoms with Crippen molar-refractivity contribution in [3.8, 4) is 0 Å². The van der Waals surface area contributed by atoms with E-state index in [-0.39, 0.29) is 0 Å². The monoisotopic (exact) mass is 426 g/mol. The molecule has 2 aromatic carbocycles. The summed E-state index contributed by atoms with van der Waals surface area (Å²) in [6, 6.07) is 11.5. The number of halogens is 2. The highest BCUT2D eigenvalue weighted by Gasteiger charge is 2.13. The lowest BCUT2D eigenvalue weighted by molar-refractivity contribution is 0.158. The van der Waals surface area contributed by atoms with Crippen molar-refractivity contribution < 1.29 is 8.78 Å². The van der Waals surface area contributed by atoms with Gasteiger partial charge >= 0.3 is 0 Å². The quantitative estimate of drug-likeness (QED) is 0.577. The molecular weight excluding hydrogens is 398 g/mol. The summed E-state index contributed by atoms with van der Waals surface area (Å²) in [7, 11) is 2.15. The lowest BCUT2D eigenvalue weighted by Gasteiger charge is -2.32. The number of aromatic nitrogens is 2. The molecule has 2 N–H and O–H groups in total. The van der Waals surface area contributed by atoms with Gasteiger partial charge in [0.05, 0.1) is 5.52 Å². The second kappa shape index (κ2) is 9.98. The Labute approximate surface area is 181 Å². The number of fused-ring (bicyclic) bond motifs is 1. The summed E-state index contributed by atoms with van der Waals surface area (Å²) in [5.74, 6) is 0.157.